The van der Waals surface area contributed by atoms with Gasteiger partial charge in [-0.25, -0.2) is 0 Å². The molecule has 1 aliphatic rings. The predicted octanol–water partition coefficient (Wildman–Crippen LogP) is 3.83. The van der Waals surface area contributed by atoms with E-state index in [1.165, 1.54) is 23.3 Å². The Labute approximate surface area is 124 Å². The summed E-state index contributed by atoms with van der Waals surface area (Å²) in [6, 6.07) is 12.8. The average Bonchev–Trinajstić information content (AvgIpc) is 3.13. The summed E-state index contributed by atoms with van der Waals surface area (Å²) in [4.78, 5) is 1.39. The van der Waals surface area contributed by atoms with E-state index in [0.717, 1.165) is 11.5 Å². The molecule has 1 fully saturated rings. The van der Waals surface area contributed by atoms with Crippen molar-refractivity contribution in [1.82, 2.24) is 5.32 Å². The largest absolute Gasteiger partial charge is 0.387 e. The van der Waals surface area contributed by atoms with Crippen molar-refractivity contribution in [3.8, 4) is 0 Å². The van der Waals surface area contributed by atoms with E-state index < -0.39 is 6.10 Å². The fourth-order valence-electron chi connectivity index (χ4n) is 2.63. The highest BCUT2D eigenvalue weighted by Crippen LogP contribution is 2.42. The molecule has 0 saturated heterocycles. The normalized spacial score (nSPS) is 17.9. The number of hydrogen-bond acceptors (Lipinski definition) is 3. The van der Waals surface area contributed by atoms with Crippen LogP contribution in [0.2, 0.25) is 0 Å². The van der Waals surface area contributed by atoms with E-state index in [2.05, 4.69) is 41.9 Å². The summed E-state index contributed by atoms with van der Waals surface area (Å²) in [5.74, 6) is 0.748. The van der Waals surface area contributed by atoms with Crippen LogP contribution in [0, 0.1) is 12.8 Å². The third-order valence-electron chi connectivity index (χ3n) is 3.90. The van der Waals surface area contributed by atoms with Gasteiger partial charge in [-0.3, -0.25) is 0 Å². The molecule has 1 saturated carbocycles. The molecule has 3 heteroatoms. The van der Waals surface area contributed by atoms with Gasteiger partial charge < -0.3 is 10.4 Å². The maximum atomic E-state index is 10.3. The lowest BCUT2D eigenvalue weighted by Crippen LogP contribution is -2.27. The Kier molecular flexibility index (Phi) is 4.20. The zero-order chi connectivity index (χ0) is 13.9. The Bertz CT molecular complexity index is 548. The number of rotatable bonds is 6. The monoisotopic (exact) mass is 287 g/mol. The molecule has 20 heavy (non-hydrogen) atoms. The van der Waals surface area contributed by atoms with Crippen molar-refractivity contribution in [3.05, 3.63) is 57.8 Å². The van der Waals surface area contributed by atoms with Crippen molar-refractivity contribution in [1.29, 1.82) is 0 Å². The van der Waals surface area contributed by atoms with Gasteiger partial charge in [0.25, 0.3) is 0 Å². The molecule has 0 radical (unpaired) electrons. The lowest BCUT2D eigenvalue weighted by atomic mass is 10.1. The molecule has 1 aromatic heterocycles. The van der Waals surface area contributed by atoms with Gasteiger partial charge in [0, 0.05) is 17.5 Å². The lowest BCUT2D eigenvalue weighted by molar-refractivity contribution is 0.168. The third-order valence-corrected chi connectivity index (χ3v) is 4.86. The molecular formula is C17H21NOS. The Balaban J connectivity index is 1.63. The van der Waals surface area contributed by atoms with Crippen molar-refractivity contribution in [3.63, 3.8) is 0 Å². The topological polar surface area (TPSA) is 32.3 Å². The Morgan fingerprint density at radius 3 is 2.80 bits per heavy atom. The molecule has 0 aliphatic heterocycles. The first kappa shape index (κ1) is 13.8. The Morgan fingerprint density at radius 2 is 2.15 bits per heavy atom. The molecule has 2 nitrogen and oxygen atoms in total. The summed E-state index contributed by atoms with van der Waals surface area (Å²) >= 11 is 1.81. The Hall–Kier alpha value is -1.16. The minimum atomic E-state index is -0.434. The molecule has 0 spiro atoms. The van der Waals surface area contributed by atoms with Gasteiger partial charge in [0.2, 0.25) is 0 Å². The minimum Gasteiger partial charge on any atom is -0.387 e. The van der Waals surface area contributed by atoms with Gasteiger partial charge in [-0.1, -0.05) is 35.9 Å². The van der Waals surface area contributed by atoms with Crippen LogP contribution in [0.15, 0.2) is 41.8 Å². The summed E-state index contributed by atoms with van der Waals surface area (Å²) in [7, 11) is 0. The molecule has 1 heterocycles. The summed E-state index contributed by atoms with van der Waals surface area (Å²) in [6.07, 6.45) is 2.17. The minimum absolute atomic E-state index is 0.412. The fourth-order valence-corrected chi connectivity index (χ4v) is 3.52. The average molecular weight is 287 g/mol. The number of aliphatic hydroxyl groups is 1. The second-order valence-electron chi connectivity index (χ2n) is 5.67. The number of nitrogens with one attached hydrogen (secondary N) is 1. The van der Waals surface area contributed by atoms with Crippen LogP contribution in [0.4, 0.5) is 0 Å². The van der Waals surface area contributed by atoms with E-state index in [1.54, 1.807) is 11.3 Å². The van der Waals surface area contributed by atoms with E-state index in [9.17, 15) is 5.11 Å². The SMILES string of the molecule is Cc1cccc(C(O)CNC(c2cccs2)C2CC2)c1. The maximum Gasteiger partial charge on any atom is 0.0914 e. The van der Waals surface area contributed by atoms with Crippen LogP contribution in [0.5, 0.6) is 0 Å². The van der Waals surface area contributed by atoms with E-state index in [4.69, 9.17) is 0 Å². The zero-order valence-corrected chi connectivity index (χ0v) is 12.6. The van der Waals surface area contributed by atoms with Crippen LogP contribution in [0.3, 0.4) is 0 Å². The standard InChI is InChI=1S/C17H21NOS/c1-12-4-2-5-14(10-12)15(19)11-18-17(13-7-8-13)16-6-3-9-20-16/h2-6,9-10,13,15,17-19H,7-8,11H2,1H3. The van der Waals surface area contributed by atoms with Crippen molar-refractivity contribution in [2.24, 2.45) is 5.92 Å². The first-order valence-corrected chi connectivity index (χ1v) is 8.13. The number of thiophene rings is 1. The van der Waals surface area contributed by atoms with Crippen LogP contribution < -0.4 is 5.32 Å². The highest BCUT2D eigenvalue weighted by atomic mass is 32.1. The van der Waals surface area contributed by atoms with Gasteiger partial charge >= 0.3 is 0 Å². The lowest BCUT2D eigenvalue weighted by Gasteiger charge is -2.20. The molecule has 1 aromatic carbocycles. The summed E-state index contributed by atoms with van der Waals surface area (Å²) in [6.45, 7) is 2.67. The second-order valence-corrected chi connectivity index (χ2v) is 6.65. The number of aryl methyl sites for hydroxylation is 1. The molecule has 1 aliphatic carbocycles. The summed E-state index contributed by atoms with van der Waals surface area (Å²) in [5.41, 5.74) is 2.19. The van der Waals surface area contributed by atoms with Crippen molar-refractivity contribution < 1.29 is 5.11 Å². The fraction of sp³-hybridized carbons (Fsp3) is 0.412. The molecule has 106 valence electrons. The van der Waals surface area contributed by atoms with E-state index >= 15 is 0 Å². The smallest absolute Gasteiger partial charge is 0.0914 e. The molecule has 2 unspecified atom stereocenters. The van der Waals surface area contributed by atoms with Crippen LogP contribution in [0.25, 0.3) is 0 Å². The van der Waals surface area contributed by atoms with Crippen LogP contribution in [0.1, 0.15) is 41.0 Å². The van der Waals surface area contributed by atoms with Gasteiger partial charge in [-0.05, 0) is 42.7 Å². The van der Waals surface area contributed by atoms with Crippen molar-refractivity contribution in [2.75, 3.05) is 6.54 Å². The molecule has 2 atom stereocenters. The quantitative estimate of drug-likeness (QED) is 0.846. The maximum absolute atomic E-state index is 10.3. The van der Waals surface area contributed by atoms with Gasteiger partial charge in [-0.15, -0.1) is 11.3 Å². The molecule has 3 rings (SSSR count). The highest BCUT2D eigenvalue weighted by Gasteiger charge is 2.32. The molecule has 0 amide bonds. The molecule has 2 N–H and O–H groups in total. The van der Waals surface area contributed by atoms with E-state index in [0.29, 0.717) is 12.6 Å². The number of aliphatic hydroxyl groups excluding tert-OH is 1. The van der Waals surface area contributed by atoms with Gasteiger partial charge in [0.1, 0.15) is 0 Å². The molecular weight excluding hydrogens is 266 g/mol. The third kappa shape index (κ3) is 3.29. The summed E-state index contributed by atoms with van der Waals surface area (Å²) in [5, 5.41) is 16.0. The Morgan fingerprint density at radius 1 is 1.30 bits per heavy atom. The zero-order valence-electron chi connectivity index (χ0n) is 11.8. The van der Waals surface area contributed by atoms with Gasteiger partial charge in [-0.2, -0.15) is 0 Å². The van der Waals surface area contributed by atoms with Gasteiger partial charge in [0.15, 0.2) is 0 Å². The number of benzene rings is 1. The first-order chi connectivity index (χ1) is 9.74. The molecule has 2 aromatic rings. The van der Waals surface area contributed by atoms with Crippen molar-refractivity contribution in [2.45, 2.75) is 31.9 Å². The van der Waals surface area contributed by atoms with Gasteiger partial charge in [0.05, 0.1) is 6.10 Å². The molecule has 0 bridgehead atoms. The van der Waals surface area contributed by atoms with E-state index in [-0.39, 0.29) is 0 Å². The second kappa shape index (κ2) is 6.08. The predicted molar refractivity (Wildman–Crippen MR) is 83.9 cm³/mol. The highest BCUT2D eigenvalue weighted by molar-refractivity contribution is 7.10. The summed E-state index contributed by atoms with van der Waals surface area (Å²) < 4.78 is 0. The first-order valence-electron chi connectivity index (χ1n) is 7.25. The van der Waals surface area contributed by atoms with Crippen LogP contribution in [-0.4, -0.2) is 11.7 Å². The van der Waals surface area contributed by atoms with Crippen LogP contribution >= 0.6 is 11.3 Å². The number of hydrogen-bond donors (Lipinski definition) is 2. The van der Waals surface area contributed by atoms with E-state index in [1.807, 2.05) is 12.1 Å². The van der Waals surface area contributed by atoms with Crippen molar-refractivity contribution >= 4 is 11.3 Å². The van der Waals surface area contributed by atoms with Crippen LogP contribution in [-0.2, 0) is 0 Å².